The van der Waals surface area contributed by atoms with Crippen molar-refractivity contribution in [2.75, 3.05) is 32.9 Å². The number of nitrogens with zero attached hydrogens (tertiary/aromatic N) is 2. The smallest absolute Gasteiger partial charge is 0.338 e. The fourth-order valence-electron chi connectivity index (χ4n) is 3.95. The van der Waals surface area contributed by atoms with Crippen LogP contribution in [0.15, 0.2) is 23.1 Å². The summed E-state index contributed by atoms with van der Waals surface area (Å²) >= 11 is 0. The van der Waals surface area contributed by atoms with Crippen LogP contribution in [0.3, 0.4) is 0 Å². The number of piperidine rings is 1. The first-order valence-corrected chi connectivity index (χ1v) is 11.5. The lowest BCUT2D eigenvalue weighted by Gasteiger charge is -2.38. The van der Waals surface area contributed by atoms with Crippen LogP contribution in [0, 0.1) is 5.82 Å². The van der Waals surface area contributed by atoms with Crippen LogP contribution in [0.5, 0.6) is 0 Å². The van der Waals surface area contributed by atoms with Crippen LogP contribution >= 0.6 is 0 Å². The van der Waals surface area contributed by atoms with Crippen molar-refractivity contribution < 1.29 is 31.9 Å². The van der Waals surface area contributed by atoms with Crippen LogP contribution in [-0.4, -0.2) is 74.5 Å². The molecule has 0 radical (unpaired) electrons. The predicted molar refractivity (Wildman–Crippen MR) is 106 cm³/mol. The molecule has 3 rings (SSSR count). The number of halogens is 1. The lowest BCUT2D eigenvalue weighted by molar-refractivity contribution is -0.140. The molecule has 2 heterocycles. The number of carbonyl (C=O) groups excluding carboxylic acids is 2. The minimum atomic E-state index is -4.12. The number of hydrogen-bond acceptors (Lipinski definition) is 6. The van der Waals surface area contributed by atoms with Gasteiger partial charge < -0.3 is 14.4 Å². The van der Waals surface area contributed by atoms with Gasteiger partial charge in [0.05, 0.1) is 18.8 Å². The number of amides is 1. The number of carbonyl (C=O) groups is 2. The minimum Gasteiger partial charge on any atom is -0.452 e. The van der Waals surface area contributed by atoms with Crippen molar-refractivity contribution in [3.05, 3.63) is 29.6 Å². The third-order valence-corrected chi connectivity index (χ3v) is 7.48. The largest absolute Gasteiger partial charge is 0.452 e. The van der Waals surface area contributed by atoms with Gasteiger partial charge in [-0.25, -0.2) is 17.6 Å². The summed E-state index contributed by atoms with van der Waals surface area (Å²) in [5.41, 5.74) is -0.129. The van der Waals surface area contributed by atoms with Crippen LogP contribution < -0.4 is 0 Å². The monoisotopic (exact) mass is 442 g/mol. The second-order valence-electron chi connectivity index (χ2n) is 7.67. The maximum atomic E-state index is 14.3. The number of benzene rings is 1. The molecule has 166 valence electrons. The molecule has 0 unspecified atom stereocenters. The molecule has 0 aliphatic carbocycles. The maximum absolute atomic E-state index is 14.3. The van der Waals surface area contributed by atoms with Crippen molar-refractivity contribution in [2.24, 2.45) is 0 Å². The standard InChI is InChI=1S/C20H27FN2O6S/c1-14-4-3-5-15(2)23(14)19(24)13-29-20(25)16-6-7-17(21)18(12-16)30(26,27)22-8-10-28-11-9-22/h6-7,12,14-15H,3-5,8-11,13H2,1-2H3/t14-,15-/m1/s1. The van der Waals surface area contributed by atoms with Gasteiger partial charge in [-0.15, -0.1) is 0 Å². The second kappa shape index (κ2) is 9.40. The number of ether oxygens (including phenoxy) is 2. The Morgan fingerprint density at radius 2 is 1.80 bits per heavy atom. The number of rotatable bonds is 5. The Labute approximate surface area is 176 Å². The number of morpholine rings is 1. The van der Waals surface area contributed by atoms with E-state index in [0.717, 1.165) is 41.8 Å². The molecular weight excluding hydrogens is 415 g/mol. The third-order valence-electron chi connectivity index (χ3n) is 5.56. The van der Waals surface area contributed by atoms with Crippen LogP contribution in [0.1, 0.15) is 43.5 Å². The molecule has 0 N–H and O–H groups in total. The van der Waals surface area contributed by atoms with Gasteiger partial charge in [-0.2, -0.15) is 4.31 Å². The third kappa shape index (κ3) is 4.81. The molecule has 2 aliphatic rings. The molecule has 1 aromatic carbocycles. The van der Waals surface area contributed by atoms with Crippen molar-refractivity contribution in [2.45, 2.75) is 50.1 Å². The summed E-state index contributed by atoms with van der Waals surface area (Å²) in [6.45, 7) is 4.12. The summed E-state index contributed by atoms with van der Waals surface area (Å²) in [4.78, 5) is 26.1. The topological polar surface area (TPSA) is 93.2 Å². The van der Waals surface area contributed by atoms with Gasteiger partial charge >= 0.3 is 5.97 Å². The number of esters is 1. The molecular formula is C20H27FN2O6S. The Morgan fingerprint density at radius 1 is 1.17 bits per heavy atom. The van der Waals surface area contributed by atoms with E-state index >= 15 is 0 Å². The van der Waals surface area contributed by atoms with Crippen LogP contribution in [0.25, 0.3) is 0 Å². The van der Waals surface area contributed by atoms with Gasteiger partial charge in [0, 0.05) is 25.2 Å². The maximum Gasteiger partial charge on any atom is 0.338 e. The normalized spacial score (nSPS) is 23.2. The zero-order chi connectivity index (χ0) is 21.9. The van der Waals surface area contributed by atoms with Gasteiger partial charge in [0.1, 0.15) is 10.7 Å². The van der Waals surface area contributed by atoms with Crippen LogP contribution in [0.4, 0.5) is 4.39 Å². The first-order chi connectivity index (χ1) is 14.2. The number of likely N-dealkylation sites (tertiary alicyclic amines) is 1. The van der Waals surface area contributed by atoms with Gasteiger partial charge in [-0.05, 0) is 51.3 Å². The van der Waals surface area contributed by atoms with Crippen molar-refractivity contribution in [3.63, 3.8) is 0 Å². The van der Waals surface area contributed by atoms with Gasteiger partial charge in [0.2, 0.25) is 10.0 Å². The summed E-state index contributed by atoms with van der Waals surface area (Å²) in [6, 6.07) is 3.15. The molecule has 1 aromatic rings. The first-order valence-electron chi connectivity index (χ1n) is 10.1. The van der Waals surface area contributed by atoms with E-state index in [4.69, 9.17) is 9.47 Å². The van der Waals surface area contributed by atoms with Crippen LogP contribution in [-0.2, 0) is 24.3 Å². The van der Waals surface area contributed by atoms with E-state index in [-0.39, 0.29) is 49.9 Å². The molecule has 10 heteroatoms. The van der Waals surface area contributed by atoms with E-state index in [2.05, 4.69) is 0 Å². The van der Waals surface area contributed by atoms with E-state index in [9.17, 15) is 22.4 Å². The average molecular weight is 443 g/mol. The Kier molecular flexibility index (Phi) is 7.10. The number of hydrogen-bond donors (Lipinski definition) is 0. The average Bonchev–Trinajstić information content (AvgIpc) is 2.72. The highest BCUT2D eigenvalue weighted by Crippen LogP contribution is 2.24. The summed E-state index contributed by atoms with van der Waals surface area (Å²) in [5, 5.41) is 0. The Hall–Kier alpha value is -2.04. The van der Waals surface area contributed by atoms with Crippen molar-refractivity contribution in [1.82, 2.24) is 9.21 Å². The van der Waals surface area contributed by atoms with E-state index in [1.165, 1.54) is 0 Å². The van der Waals surface area contributed by atoms with Gasteiger partial charge in [0.15, 0.2) is 6.61 Å². The molecule has 0 saturated carbocycles. The summed E-state index contributed by atoms with van der Waals surface area (Å²) in [7, 11) is -4.12. The molecule has 0 aromatic heterocycles. The van der Waals surface area contributed by atoms with Gasteiger partial charge in [-0.3, -0.25) is 4.79 Å². The molecule has 2 saturated heterocycles. The fraction of sp³-hybridized carbons (Fsp3) is 0.600. The van der Waals surface area contributed by atoms with Crippen molar-refractivity contribution in [3.8, 4) is 0 Å². The van der Waals surface area contributed by atoms with Gasteiger partial charge in [-0.1, -0.05) is 0 Å². The molecule has 2 atom stereocenters. The van der Waals surface area contributed by atoms with E-state index in [1.807, 2.05) is 13.8 Å². The fourth-order valence-corrected chi connectivity index (χ4v) is 5.45. The highest BCUT2D eigenvalue weighted by atomic mass is 32.2. The minimum absolute atomic E-state index is 0.0658. The van der Waals surface area contributed by atoms with Crippen molar-refractivity contribution >= 4 is 21.9 Å². The molecule has 0 spiro atoms. The quantitative estimate of drug-likeness (QED) is 0.646. The lowest BCUT2D eigenvalue weighted by Crippen LogP contribution is -2.49. The summed E-state index contributed by atoms with van der Waals surface area (Å²) in [5.74, 6) is -2.13. The Balaban J connectivity index is 1.71. The highest BCUT2D eigenvalue weighted by molar-refractivity contribution is 7.89. The molecule has 2 aliphatic heterocycles. The molecule has 8 nitrogen and oxygen atoms in total. The highest BCUT2D eigenvalue weighted by Gasteiger charge is 2.31. The summed E-state index contributed by atoms with van der Waals surface area (Å²) < 4.78 is 51.1. The molecule has 0 bridgehead atoms. The zero-order valence-electron chi connectivity index (χ0n) is 17.2. The lowest BCUT2D eigenvalue weighted by atomic mass is 9.97. The molecule has 1 amide bonds. The van der Waals surface area contributed by atoms with E-state index in [1.54, 1.807) is 4.90 Å². The number of sulfonamides is 1. The van der Waals surface area contributed by atoms with Crippen LogP contribution in [0.2, 0.25) is 0 Å². The SMILES string of the molecule is C[C@@H]1CCC[C@@H](C)N1C(=O)COC(=O)c1ccc(F)c(S(=O)(=O)N2CCOCC2)c1. The van der Waals surface area contributed by atoms with E-state index < -0.39 is 33.3 Å². The summed E-state index contributed by atoms with van der Waals surface area (Å²) in [6.07, 6.45) is 2.83. The molecule has 30 heavy (non-hydrogen) atoms. The van der Waals surface area contributed by atoms with E-state index in [0.29, 0.717) is 0 Å². The van der Waals surface area contributed by atoms with Crippen molar-refractivity contribution in [1.29, 1.82) is 0 Å². The zero-order valence-corrected chi connectivity index (χ0v) is 18.0. The first kappa shape index (κ1) is 22.6. The predicted octanol–water partition coefficient (Wildman–Crippen LogP) is 1.79. The Bertz CT molecular complexity index is 891. The Morgan fingerprint density at radius 3 is 2.43 bits per heavy atom. The second-order valence-corrected chi connectivity index (χ2v) is 9.57. The van der Waals surface area contributed by atoms with Gasteiger partial charge in [0.25, 0.3) is 5.91 Å². The molecule has 2 fully saturated rings.